The molecule has 6 nitrogen and oxygen atoms in total. The second-order valence-corrected chi connectivity index (χ2v) is 9.13. The van der Waals surface area contributed by atoms with Crippen LogP contribution in [0.1, 0.15) is 5.56 Å². The largest absolute Gasteiger partial charge is 0.497 e. The average molecular weight is 426 g/mol. The van der Waals surface area contributed by atoms with Crippen LogP contribution in [0.3, 0.4) is 0 Å². The Labute approximate surface area is 165 Å². The van der Waals surface area contributed by atoms with Gasteiger partial charge in [-0.05, 0) is 42.5 Å². The number of methoxy groups -OCH3 is 1. The van der Waals surface area contributed by atoms with E-state index in [1.165, 1.54) is 24.1 Å². The Morgan fingerprint density at radius 3 is 2.10 bits per heavy atom. The Hall–Kier alpha value is -2.75. The van der Waals surface area contributed by atoms with E-state index in [1.54, 1.807) is 24.3 Å². The van der Waals surface area contributed by atoms with Gasteiger partial charge in [-0.2, -0.15) is 13.2 Å². The molecule has 4 rings (SSSR count). The Morgan fingerprint density at radius 1 is 0.966 bits per heavy atom. The van der Waals surface area contributed by atoms with E-state index in [0.717, 1.165) is 17.0 Å². The lowest BCUT2D eigenvalue weighted by molar-refractivity contribution is -0.137. The third-order valence-corrected chi connectivity index (χ3v) is 6.87. The Bertz CT molecular complexity index is 1050. The summed E-state index contributed by atoms with van der Waals surface area (Å²) in [6, 6.07) is 8.87. The molecule has 29 heavy (non-hydrogen) atoms. The van der Waals surface area contributed by atoms with Gasteiger partial charge in [-0.15, -0.1) is 0 Å². The quantitative estimate of drug-likeness (QED) is 0.707. The molecule has 2 aromatic carbocycles. The summed E-state index contributed by atoms with van der Waals surface area (Å²) in [5.41, 5.74) is -0.423. The highest BCUT2D eigenvalue weighted by atomic mass is 32.2. The number of anilines is 2. The summed E-state index contributed by atoms with van der Waals surface area (Å²) in [4.78, 5) is 15.7. The molecule has 2 atom stereocenters. The summed E-state index contributed by atoms with van der Waals surface area (Å²) in [5.74, 6) is 0.0164. The highest BCUT2D eigenvalue weighted by Gasteiger charge is 2.54. The van der Waals surface area contributed by atoms with Crippen molar-refractivity contribution >= 4 is 27.2 Å². The van der Waals surface area contributed by atoms with Gasteiger partial charge < -0.3 is 4.74 Å². The lowest BCUT2D eigenvalue weighted by Gasteiger charge is -2.23. The van der Waals surface area contributed by atoms with Crippen LogP contribution in [-0.2, 0) is 16.0 Å². The fraction of sp³-hybridized carbons (Fsp3) is 0.316. The van der Waals surface area contributed by atoms with Gasteiger partial charge in [-0.25, -0.2) is 13.2 Å². The number of sulfone groups is 1. The van der Waals surface area contributed by atoms with Gasteiger partial charge in [0.15, 0.2) is 9.84 Å². The van der Waals surface area contributed by atoms with Crippen LogP contribution < -0.4 is 14.5 Å². The maximum atomic E-state index is 13.2. The van der Waals surface area contributed by atoms with Crippen LogP contribution >= 0.6 is 0 Å². The van der Waals surface area contributed by atoms with Crippen LogP contribution in [0.5, 0.6) is 5.75 Å². The van der Waals surface area contributed by atoms with Crippen molar-refractivity contribution < 1.29 is 31.1 Å². The van der Waals surface area contributed by atoms with Crippen molar-refractivity contribution in [1.29, 1.82) is 0 Å². The lowest BCUT2D eigenvalue weighted by Crippen LogP contribution is -2.38. The zero-order chi connectivity index (χ0) is 21.0. The molecular weight excluding hydrogens is 409 g/mol. The number of hydrogen-bond donors (Lipinski definition) is 0. The van der Waals surface area contributed by atoms with Crippen molar-refractivity contribution in [2.75, 3.05) is 28.4 Å². The molecule has 0 spiro atoms. The molecule has 0 aromatic heterocycles. The smallest absolute Gasteiger partial charge is 0.416 e. The minimum atomic E-state index is -4.57. The summed E-state index contributed by atoms with van der Waals surface area (Å²) in [6.07, 6.45) is -4.57. The number of benzene rings is 2. The zero-order valence-electron chi connectivity index (χ0n) is 15.3. The number of halogens is 3. The molecule has 2 unspecified atom stereocenters. The van der Waals surface area contributed by atoms with E-state index in [-0.39, 0.29) is 17.2 Å². The number of ether oxygens (including phenoxy) is 1. The van der Waals surface area contributed by atoms with E-state index < -0.39 is 39.7 Å². The van der Waals surface area contributed by atoms with Crippen LogP contribution in [-0.4, -0.2) is 45.1 Å². The van der Waals surface area contributed by atoms with Gasteiger partial charge in [0.2, 0.25) is 0 Å². The first kappa shape index (κ1) is 19.6. The van der Waals surface area contributed by atoms with Gasteiger partial charge in [0.1, 0.15) is 5.75 Å². The fourth-order valence-corrected chi connectivity index (χ4v) is 5.80. The van der Waals surface area contributed by atoms with Crippen molar-refractivity contribution in [3.8, 4) is 5.75 Å². The molecule has 0 radical (unpaired) electrons. The molecule has 0 saturated carbocycles. The molecule has 0 aliphatic carbocycles. The first-order valence-electron chi connectivity index (χ1n) is 8.75. The van der Waals surface area contributed by atoms with Crippen molar-refractivity contribution in [3.05, 3.63) is 54.1 Å². The van der Waals surface area contributed by atoms with Crippen LogP contribution in [0.25, 0.3) is 0 Å². The molecule has 0 bridgehead atoms. The zero-order valence-corrected chi connectivity index (χ0v) is 16.1. The number of carbonyl (C=O) groups is 1. The minimum absolute atomic E-state index is 0.0212. The second kappa shape index (κ2) is 6.65. The van der Waals surface area contributed by atoms with E-state index in [1.807, 2.05) is 0 Å². The molecular formula is C19H17F3N2O4S. The van der Waals surface area contributed by atoms with Crippen molar-refractivity contribution in [2.24, 2.45) is 0 Å². The minimum Gasteiger partial charge on any atom is -0.497 e. The fourth-order valence-electron chi connectivity index (χ4n) is 3.88. The number of fused-ring (bicyclic) bond motifs is 1. The number of hydrogen-bond acceptors (Lipinski definition) is 4. The number of urea groups is 1. The third kappa shape index (κ3) is 3.41. The molecule has 2 aliphatic rings. The summed E-state index contributed by atoms with van der Waals surface area (Å²) in [5, 5.41) is 0. The molecule has 2 aromatic rings. The van der Waals surface area contributed by atoms with Gasteiger partial charge in [-0.1, -0.05) is 6.07 Å². The Morgan fingerprint density at radius 2 is 1.55 bits per heavy atom. The van der Waals surface area contributed by atoms with Crippen molar-refractivity contribution in [3.63, 3.8) is 0 Å². The summed E-state index contributed by atoms with van der Waals surface area (Å²) < 4.78 is 69.0. The second-order valence-electron chi connectivity index (χ2n) is 6.98. The lowest BCUT2D eigenvalue weighted by atomic mass is 10.1. The van der Waals surface area contributed by atoms with Gasteiger partial charge in [0.05, 0.1) is 36.3 Å². The SMILES string of the molecule is COc1ccc(N2C(=O)N(c3cccc(C(F)(F)F)c3)C3CS(=O)(=O)CC32)cc1. The first-order valence-corrected chi connectivity index (χ1v) is 10.6. The highest BCUT2D eigenvalue weighted by Crippen LogP contribution is 2.40. The number of alkyl halides is 3. The Kier molecular flexibility index (Phi) is 4.49. The highest BCUT2D eigenvalue weighted by molar-refractivity contribution is 7.91. The third-order valence-electron chi connectivity index (χ3n) is 5.17. The van der Waals surface area contributed by atoms with Crippen molar-refractivity contribution in [2.45, 2.75) is 18.3 Å². The molecule has 2 fully saturated rings. The molecule has 2 aliphatic heterocycles. The van der Waals surface area contributed by atoms with Crippen LogP contribution in [0.4, 0.5) is 29.3 Å². The molecule has 0 N–H and O–H groups in total. The predicted octanol–water partition coefficient (Wildman–Crippen LogP) is 3.33. The van der Waals surface area contributed by atoms with E-state index in [2.05, 4.69) is 0 Å². The van der Waals surface area contributed by atoms with Crippen molar-refractivity contribution in [1.82, 2.24) is 0 Å². The average Bonchev–Trinajstić information content (AvgIpc) is 3.09. The first-order chi connectivity index (χ1) is 13.6. The van der Waals surface area contributed by atoms with Crippen LogP contribution in [0, 0.1) is 0 Å². The number of nitrogens with zero attached hydrogens (tertiary/aromatic N) is 2. The normalized spacial score (nSPS) is 23.4. The number of rotatable bonds is 3. The van der Waals surface area contributed by atoms with E-state index in [0.29, 0.717) is 11.4 Å². The summed E-state index contributed by atoms with van der Waals surface area (Å²) in [7, 11) is -1.95. The standard InChI is InChI=1S/C19H17F3N2O4S/c1-28-15-7-5-13(6-8-15)23-16-10-29(26,27)11-17(16)24(18(23)25)14-4-2-3-12(9-14)19(20,21)22/h2-9,16-17H,10-11H2,1H3. The molecule has 2 heterocycles. The van der Waals surface area contributed by atoms with Gasteiger partial charge >= 0.3 is 12.2 Å². The van der Waals surface area contributed by atoms with Gasteiger partial charge in [0.25, 0.3) is 0 Å². The number of carbonyl (C=O) groups excluding carboxylic acids is 1. The molecule has 2 amide bonds. The summed E-state index contributed by atoms with van der Waals surface area (Å²) in [6.45, 7) is 0. The Balaban J connectivity index is 1.78. The van der Waals surface area contributed by atoms with E-state index in [9.17, 15) is 26.4 Å². The maximum Gasteiger partial charge on any atom is 0.416 e. The monoisotopic (exact) mass is 426 g/mol. The summed E-state index contributed by atoms with van der Waals surface area (Å²) >= 11 is 0. The van der Waals surface area contributed by atoms with Crippen LogP contribution in [0.2, 0.25) is 0 Å². The maximum absolute atomic E-state index is 13.2. The number of amides is 2. The van der Waals surface area contributed by atoms with Gasteiger partial charge in [-0.3, -0.25) is 9.80 Å². The molecule has 154 valence electrons. The van der Waals surface area contributed by atoms with E-state index >= 15 is 0 Å². The van der Waals surface area contributed by atoms with E-state index in [4.69, 9.17) is 4.74 Å². The van der Waals surface area contributed by atoms with Crippen LogP contribution in [0.15, 0.2) is 48.5 Å². The topological polar surface area (TPSA) is 66.9 Å². The molecule has 2 saturated heterocycles. The molecule has 10 heteroatoms. The predicted molar refractivity (Wildman–Crippen MR) is 101 cm³/mol. The van der Waals surface area contributed by atoms with Gasteiger partial charge in [0, 0.05) is 11.4 Å².